The zero-order valence-corrected chi connectivity index (χ0v) is 14.3. The molecule has 3 nitrogen and oxygen atoms in total. The van der Waals surface area contributed by atoms with E-state index in [9.17, 15) is 9.59 Å². The Morgan fingerprint density at radius 2 is 2.18 bits per heavy atom. The Balaban J connectivity index is 1.95. The predicted octanol–water partition coefficient (Wildman–Crippen LogP) is 3.96. The maximum Gasteiger partial charge on any atom is 0.230 e. The molecule has 0 bridgehead atoms. The normalized spacial score (nSPS) is 17.8. The molecule has 1 N–H and O–H groups in total. The van der Waals surface area contributed by atoms with Gasteiger partial charge in [0.1, 0.15) is 0 Å². The Morgan fingerprint density at radius 3 is 2.86 bits per heavy atom. The van der Waals surface area contributed by atoms with Crippen molar-refractivity contribution in [2.45, 2.75) is 11.7 Å². The molecule has 0 saturated carbocycles. The quantitative estimate of drug-likeness (QED) is 0.786. The average Bonchev–Trinajstić information content (AvgIpc) is 2.51. The second-order valence-electron chi connectivity index (χ2n) is 4.67. The lowest BCUT2D eigenvalue weighted by atomic mass is 10.1. The lowest BCUT2D eigenvalue weighted by molar-refractivity contribution is -0.118. The van der Waals surface area contributed by atoms with Crippen molar-refractivity contribution in [3.63, 3.8) is 0 Å². The van der Waals surface area contributed by atoms with Gasteiger partial charge in [0.2, 0.25) is 5.91 Å². The molecule has 0 spiro atoms. The maximum atomic E-state index is 11.9. The zero-order valence-electron chi connectivity index (χ0n) is 11.9. The van der Waals surface area contributed by atoms with E-state index in [4.69, 9.17) is 11.6 Å². The Bertz CT molecular complexity index is 599. The average molecular weight is 354 g/mol. The highest BCUT2D eigenvalue weighted by atomic mass is 35.5. The fraction of sp³-hybridized carbons (Fsp3) is 0.250. The largest absolute Gasteiger partial charge is 0.352 e. The summed E-state index contributed by atoms with van der Waals surface area (Å²) < 4.78 is 0.880. The first-order valence-corrected chi connectivity index (χ1v) is 9.00. The number of benzene rings is 1. The molecule has 0 aliphatic carbocycles. The van der Waals surface area contributed by atoms with E-state index in [0.29, 0.717) is 23.7 Å². The summed E-state index contributed by atoms with van der Waals surface area (Å²) >= 11 is 8.91. The SMILES string of the molecule is C=CCNC(=O)CSC1=CC(=O)CC(c2ccc(Cl)cc2)S1. The molecule has 0 aromatic heterocycles. The van der Waals surface area contributed by atoms with Crippen molar-refractivity contribution >= 4 is 46.8 Å². The molecule has 1 aliphatic heterocycles. The summed E-state index contributed by atoms with van der Waals surface area (Å²) in [6, 6.07) is 7.54. The van der Waals surface area contributed by atoms with Crippen LogP contribution >= 0.6 is 35.1 Å². The summed E-state index contributed by atoms with van der Waals surface area (Å²) in [7, 11) is 0. The summed E-state index contributed by atoms with van der Waals surface area (Å²) in [4.78, 5) is 23.5. The molecule has 6 heteroatoms. The van der Waals surface area contributed by atoms with Crippen molar-refractivity contribution in [3.8, 4) is 0 Å². The minimum Gasteiger partial charge on any atom is -0.352 e. The van der Waals surface area contributed by atoms with Crippen molar-refractivity contribution in [2.24, 2.45) is 0 Å². The van der Waals surface area contributed by atoms with Gasteiger partial charge in [0.15, 0.2) is 5.78 Å². The van der Waals surface area contributed by atoms with Crippen LogP contribution < -0.4 is 5.32 Å². The number of carbonyl (C=O) groups excluding carboxylic acids is 2. The highest BCUT2D eigenvalue weighted by Gasteiger charge is 2.23. The van der Waals surface area contributed by atoms with Gasteiger partial charge in [-0.2, -0.15) is 0 Å². The van der Waals surface area contributed by atoms with E-state index in [1.54, 1.807) is 23.9 Å². The number of allylic oxidation sites excluding steroid dienone is 1. The standard InChI is InChI=1S/C16H16ClNO2S2/c1-2-7-18-15(20)10-21-16-9-13(19)8-14(22-16)11-3-5-12(17)6-4-11/h2-6,9,14H,1,7-8,10H2,(H,18,20). The molecule has 1 unspecified atom stereocenters. The number of halogens is 1. The van der Waals surface area contributed by atoms with Gasteiger partial charge in [-0.05, 0) is 17.7 Å². The Hall–Kier alpha value is -1.17. The minimum absolute atomic E-state index is 0.0625. The van der Waals surface area contributed by atoms with Gasteiger partial charge in [-0.25, -0.2) is 0 Å². The van der Waals surface area contributed by atoms with Crippen LogP contribution in [0.4, 0.5) is 0 Å². The smallest absolute Gasteiger partial charge is 0.230 e. The van der Waals surface area contributed by atoms with Crippen LogP contribution in [0.5, 0.6) is 0 Å². The van der Waals surface area contributed by atoms with E-state index in [0.717, 1.165) is 9.80 Å². The number of thioether (sulfide) groups is 2. The van der Waals surface area contributed by atoms with Crippen LogP contribution in [0.1, 0.15) is 17.2 Å². The molecule has 22 heavy (non-hydrogen) atoms. The van der Waals surface area contributed by atoms with Gasteiger partial charge in [-0.1, -0.05) is 29.8 Å². The van der Waals surface area contributed by atoms with Gasteiger partial charge in [0, 0.05) is 33.6 Å². The first-order chi connectivity index (χ1) is 10.6. The molecule has 1 atom stereocenters. The second kappa shape index (κ2) is 8.46. The fourth-order valence-corrected chi connectivity index (χ4v) is 4.44. The van der Waals surface area contributed by atoms with E-state index >= 15 is 0 Å². The van der Waals surface area contributed by atoms with E-state index in [1.165, 1.54) is 11.8 Å². The third-order valence-electron chi connectivity index (χ3n) is 2.95. The molecule has 1 aliphatic rings. The summed E-state index contributed by atoms with van der Waals surface area (Å²) in [5, 5.41) is 3.48. The van der Waals surface area contributed by atoms with Crippen molar-refractivity contribution in [2.75, 3.05) is 12.3 Å². The van der Waals surface area contributed by atoms with Gasteiger partial charge < -0.3 is 5.32 Å². The number of amides is 1. The van der Waals surface area contributed by atoms with Crippen LogP contribution in [-0.4, -0.2) is 24.0 Å². The molecule has 1 amide bonds. The van der Waals surface area contributed by atoms with Gasteiger partial charge in [0.25, 0.3) is 0 Å². The van der Waals surface area contributed by atoms with Crippen LogP contribution in [0, 0.1) is 0 Å². The highest BCUT2D eigenvalue weighted by Crippen LogP contribution is 2.45. The molecule has 1 heterocycles. The summed E-state index contributed by atoms with van der Waals surface area (Å²) in [5.41, 5.74) is 1.07. The van der Waals surface area contributed by atoms with Gasteiger partial charge in [-0.3, -0.25) is 9.59 Å². The van der Waals surface area contributed by atoms with Crippen LogP contribution in [-0.2, 0) is 9.59 Å². The molecular formula is C16H16ClNO2S2. The first-order valence-electron chi connectivity index (χ1n) is 6.75. The van der Waals surface area contributed by atoms with Crippen molar-refractivity contribution in [1.29, 1.82) is 0 Å². The topological polar surface area (TPSA) is 46.2 Å². The van der Waals surface area contributed by atoms with Crippen molar-refractivity contribution in [1.82, 2.24) is 5.32 Å². The van der Waals surface area contributed by atoms with E-state index in [1.807, 2.05) is 24.3 Å². The van der Waals surface area contributed by atoms with Crippen LogP contribution in [0.25, 0.3) is 0 Å². The molecule has 0 saturated heterocycles. The lowest BCUT2D eigenvalue weighted by Crippen LogP contribution is -2.25. The number of hydrogen-bond acceptors (Lipinski definition) is 4. The molecule has 1 aromatic carbocycles. The maximum absolute atomic E-state index is 11.9. The molecule has 0 fully saturated rings. The molecule has 0 radical (unpaired) electrons. The number of rotatable bonds is 6. The third kappa shape index (κ3) is 5.23. The molecule has 1 aromatic rings. The summed E-state index contributed by atoms with van der Waals surface area (Å²) in [6.45, 7) is 4.01. The van der Waals surface area contributed by atoms with Gasteiger partial charge in [0.05, 0.1) is 5.75 Å². The van der Waals surface area contributed by atoms with Crippen molar-refractivity contribution in [3.05, 3.63) is 57.8 Å². The van der Waals surface area contributed by atoms with Crippen LogP contribution in [0.15, 0.2) is 47.2 Å². The van der Waals surface area contributed by atoms with Gasteiger partial charge in [-0.15, -0.1) is 30.1 Å². The number of ketones is 1. The van der Waals surface area contributed by atoms with Gasteiger partial charge >= 0.3 is 0 Å². The highest BCUT2D eigenvalue weighted by molar-refractivity contribution is 8.22. The van der Waals surface area contributed by atoms with Crippen LogP contribution in [0.3, 0.4) is 0 Å². The lowest BCUT2D eigenvalue weighted by Gasteiger charge is -2.21. The molecule has 2 rings (SSSR count). The number of nitrogens with one attached hydrogen (secondary N) is 1. The Kier molecular flexibility index (Phi) is 6.61. The Labute approximate surface area is 143 Å². The molecular weight excluding hydrogens is 338 g/mol. The van der Waals surface area contributed by atoms with E-state index in [-0.39, 0.29) is 16.9 Å². The monoisotopic (exact) mass is 353 g/mol. The number of carbonyl (C=O) groups is 2. The zero-order chi connectivity index (χ0) is 15.9. The second-order valence-corrected chi connectivity index (χ2v) is 7.63. The van der Waals surface area contributed by atoms with Crippen LogP contribution in [0.2, 0.25) is 5.02 Å². The minimum atomic E-state index is -0.0625. The van der Waals surface area contributed by atoms with Crippen molar-refractivity contribution < 1.29 is 9.59 Å². The summed E-state index contributed by atoms with van der Waals surface area (Å²) in [6.07, 6.45) is 3.73. The predicted molar refractivity (Wildman–Crippen MR) is 95.2 cm³/mol. The summed E-state index contributed by atoms with van der Waals surface area (Å²) in [5.74, 6) is 0.327. The first kappa shape index (κ1) is 17.2. The Morgan fingerprint density at radius 1 is 1.45 bits per heavy atom. The fourth-order valence-electron chi connectivity index (χ4n) is 1.90. The van der Waals surface area contributed by atoms with E-state index < -0.39 is 0 Å². The molecule has 116 valence electrons. The number of hydrogen-bond donors (Lipinski definition) is 1. The third-order valence-corrected chi connectivity index (χ3v) is 5.73. The van der Waals surface area contributed by atoms with E-state index in [2.05, 4.69) is 11.9 Å².